The molecule has 1 fully saturated rings. The van der Waals surface area contributed by atoms with Crippen LogP contribution in [0.5, 0.6) is 0 Å². The van der Waals surface area contributed by atoms with Crippen LogP contribution >= 0.6 is 0 Å². The van der Waals surface area contributed by atoms with Gasteiger partial charge in [0.25, 0.3) is 0 Å². The maximum atomic E-state index is 4.95. The van der Waals surface area contributed by atoms with Crippen LogP contribution in [-0.4, -0.2) is 39.4 Å². The Morgan fingerprint density at radius 3 is 2.64 bits per heavy atom. The summed E-state index contributed by atoms with van der Waals surface area (Å²) in [5, 5.41) is 6.95. The van der Waals surface area contributed by atoms with Crippen LogP contribution in [0.25, 0.3) is 0 Å². The van der Waals surface area contributed by atoms with Crippen LogP contribution in [0.15, 0.2) is 0 Å². The summed E-state index contributed by atoms with van der Waals surface area (Å²) in [5.41, 5.74) is 0. The van der Waals surface area contributed by atoms with Gasteiger partial charge in [0.05, 0.1) is 6.61 Å². The number of ether oxygens (including phenoxy) is 1. The van der Waals surface area contributed by atoms with Gasteiger partial charge in [-0.15, -0.1) is 0 Å². The molecule has 0 aromatic heterocycles. The second-order valence-electron chi connectivity index (χ2n) is 4.03. The minimum atomic E-state index is 0.814. The van der Waals surface area contributed by atoms with Gasteiger partial charge in [0.2, 0.25) is 0 Å². The van der Waals surface area contributed by atoms with Gasteiger partial charge in [-0.1, -0.05) is 12.8 Å². The van der Waals surface area contributed by atoms with Crippen molar-refractivity contribution in [3.8, 4) is 0 Å². The van der Waals surface area contributed by atoms with Gasteiger partial charge in [0.1, 0.15) is 0 Å². The van der Waals surface area contributed by atoms with E-state index in [1.54, 1.807) is 7.11 Å². The first-order valence-corrected chi connectivity index (χ1v) is 5.86. The highest BCUT2D eigenvalue weighted by molar-refractivity contribution is 4.73. The van der Waals surface area contributed by atoms with Crippen molar-refractivity contribution in [1.29, 1.82) is 0 Å². The first-order valence-electron chi connectivity index (χ1n) is 5.86. The van der Waals surface area contributed by atoms with E-state index in [4.69, 9.17) is 4.74 Å². The fourth-order valence-corrected chi connectivity index (χ4v) is 1.95. The summed E-state index contributed by atoms with van der Waals surface area (Å²) in [6, 6.07) is 0.814. The van der Waals surface area contributed by atoms with E-state index >= 15 is 0 Å². The lowest BCUT2D eigenvalue weighted by Crippen LogP contribution is -2.29. The van der Waals surface area contributed by atoms with Crippen molar-refractivity contribution in [3.63, 3.8) is 0 Å². The zero-order chi connectivity index (χ0) is 10.1. The fraction of sp³-hybridized carbons (Fsp3) is 1.00. The van der Waals surface area contributed by atoms with Crippen LogP contribution in [0.1, 0.15) is 32.1 Å². The van der Waals surface area contributed by atoms with Gasteiger partial charge >= 0.3 is 0 Å². The molecule has 1 aliphatic carbocycles. The van der Waals surface area contributed by atoms with Gasteiger partial charge in [0, 0.05) is 19.7 Å². The molecule has 0 amide bonds. The van der Waals surface area contributed by atoms with Crippen molar-refractivity contribution in [2.75, 3.05) is 33.4 Å². The minimum Gasteiger partial charge on any atom is -0.383 e. The molecule has 3 heteroatoms. The third-order valence-corrected chi connectivity index (χ3v) is 2.80. The third kappa shape index (κ3) is 5.58. The Bertz CT molecular complexity index is 124. The number of nitrogens with one attached hydrogen (secondary N) is 2. The predicted octanol–water partition coefficient (Wildman–Crippen LogP) is 1.14. The second kappa shape index (κ2) is 8.21. The molecular formula is C11H24N2O. The molecule has 3 nitrogen and oxygen atoms in total. The molecule has 1 rings (SSSR count). The molecule has 1 aliphatic rings. The van der Waals surface area contributed by atoms with E-state index < -0.39 is 0 Å². The summed E-state index contributed by atoms with van der Waals surface area (Å²) in [7, 11) is 1.74. The maximum absolute atomic E-state index is 4.95. The SMILES string of the molecule is COCCNCCCNC1CCCC1. The summed E-state index contributed by atoms with van der Waals surface area (Å²) < 4.78 is 4.95. The van der Waals surface area contributed by atoms with E-state index in [0.29, 0.717) is 0 Å². The zero-order valence-electron chi connectivity index (χ0n) is 9.35. The maximum Gasteiger partial charge on any atom is 0.0587 e. The van der Waals surface area contributed by atoms with Crippen LogP contribution < -0.4 is 10.6 Å². The van der Waals surface area contributed by atoms with Crippen LogP contribution in [0.2, 0.25) is 0 Å². The first-order chi connectivity index (χ1) is 6.93. The first kappa shape index (κ1) is 12.0. The molecule has 0 atom stereocenters. The molecule has 0 heterocycles. The number of rotatable bonds is 8. The fourth-order valence-electron chi connectivity index (χ4n) is 1.95. The van der Waals surface area contributed by atoms with Gasteiger partial charge < -0.3 is 15.4 Å². The Kier molecular flexibility index (Phi) is 7.01. The molecule has 84 valence electrons. The van der Waals surface area contributed by atoms with E-state index in [1.807, 2.05) is 0 Å². The van der Waals surface area contributed by atoms with Crippen LogP contribution in [0.3, 0.4) is 0 Å². The molecule has 0 aromatic carbocycles. The lowest BCUT2D eigenvalue weighted by atomic mass is 10.2. The van der Waals surface area contributed by atoms with Crippen molar-refractivity contribution in [3.05, 3.63) is 0 Å². The van der Waals surface area contributed by atoms with Crippen LogP contribution in [-0.2, 0) is 4.74 Å². The van der Waals surface area contributed by atoms with Crippen molar-refractivity contribution < 1.29 is 4.74 Å². The molecule has 1 saturated carbocycles. The van der Waals surface area contributed by atoms with Gasteiger partial charge in [0.15, 0.2) is 0 Å². The molecular weight excluding hydrogens is 176 g/mol. The van der Waals surface area contributed by atoms with Gasteiger partial charge in [-0.25, -0.2) is 0 Å². The smallest absolute Gasteiger partial charge is 0.0587 e. The largest absolute Gasteiger partial charge is 0.383 e. The molecule has 0 saturated heterocycles. The summed E-state index contributed by atoms with van der Waals surface area (Å²) in [6.07, 6.45) is 6.84. The summed E-state index contributed by atoms with van der Waals surface area (Å²) in [5.74, 6) is 0. The lowest BCUT2D eigenvalue weighted by Gasteiger charge is -2.11. The molecule has 0 aliphatic heterocycles. The molecule has 0 radical (unpaired) electrons. The monoisotopic (exact) mass is 200 g/mol. The second-order valence-corrected chi connectivity index (χ2v) is 4.03. The Morgan fingerprint density at radius 2 is 1.93 bits per heavy atom. The normalized spacial score (nSPS) is 17.8. The van der Waals surface area contributed by atoms with Crippen LogP contribution in [0, 0.1) is 0 Å². The number of hydrogen-bond acceptors (Lipinski definition) is 3. The Morgan fingerprint density at radius 1 is 1.14 bits per heavy atom. The summed E-state index contributed by atoms with van der Waals surface area (Å²) in [4.78, 5) is 0. The molecule has 2 N–H and O–H groups in total. The van der Waals surface area contributed by atoms with Crippen molar-refractivity contribution in [2.45, 2.75) is 38.1 Å². The van der Waals surface area contributed by atoms with Gasteiger partial charge in [-0.3, -0.25) is 0 Å². The van der Waals surface area contributed by atoms with E-state index in [1.165, 1.54) is 32.1 Å². The summed E-state index contributed by atoms with van der Waals surface area (Å²) in [6.45, 7) is 4.05. The Balaban J connectivity index is 1.75. The van der Waals surface area contributed by atoms with E-state index in [0.717, 1.165) is 32.3 Å². The minimum absolute atomic E-state index is 0.814. The van der Waals surface area contributed by atoms with Crippen LogP contribution in [0.4, 0.5) is 0 Å². The molecule has 0 aromatic rings. The number of methoxy groups -OCH3 is 1. The Hall–Kier alpha value is -0.120. The Labute approximate surface area is 87.6 Å². The van der Waals surface area contributed by atoms with E-state index in [-0.39, 0.29) is 0 Å². The average molecular weight is 200 g/mol. The molecule has 14 heavy (non-hydrogen) atoms. The van der Waals surface area contributed by atoms with Crippen molar-refractivity contribution in [2.24, 2.45) is 0 Å². The van der Waals surface area contributed by atoms with Gasteiger partial charge in [-0.2, -0.15) is 0 Å². The third-order valence-electron chi connectivity index (χ3n) is 2.80. The lowest BCUT2D eigenvalue weighted by molar-refractivity contribution is 0.199. The quantitative estimate of drug-likeness (QED) is 0.577. The predicted molar refractivity (Wildman–Crippen MR) is 59.6 cm³/mol. The topological polar surface area (TPSA) is 33.3 Å². The van der Waals surface area contributed by atoms with E-state index in [2.05, 4.69) is 10.6 Å². The molecule has 0 bridgehead atoms. The van der Waals surface area contributed by atoms with E-state index in [9.17, 15) is 0 Å². The van der Waals surface area contributed by atoms with Gasteiger partial charge in [-0.05, 0) is 32.4 Å². The molecule has 0 unspecified atom stereocenters. The zero-order valence-corrected chi connectivity index (χ0v) is 9.35. The van der Waals surface area contributed by atoms with Crippen molar-refractivity contribution in [1.82, 2.24) is 10.6 Å². The molecule has 0 spiro atoms. The highest BCUT2D eigenvalue weighted by Gasteiger charge is 2.12. The highest BCUT2D eigenvalue weighted by Crippen LogP contribution is 2.17. The standard InChI is InChI=1S/C11H24N2O/c1-14-10-9-12-7-4-8-13-11-5-2-3-6-11/h11-13H,2-10H2,1H3. The van der Waals surface area contributed by atoms with Crippen molar-refractivity contribution >= 4 is 0 Å². The highest BCUT2D eigenvalue weighted by atomic mass is 16.5. The average Bonchev–Trinajstić information content (AvgIpc) is 2.69. The number of hydrogen-bond donors (Lipinski definition) is 2. The summed E-state index contributed by atoms with van der Waals surface area (Å²) >= 11 is 0.